The number of aliphatic hydroxyl groups is 1. The normalized spacial score (nSPS) is 12.3. The second-order valence-corrected chi connectivity index (χ2v) is 5.72. The van der Waals surface area contributed by atoms with Crippen LogP contribution in [0.15, 0.2) is 42.5 Å². The van der Waals surface area contributed by atoms with Crippen LogP contribution in [0.25, 0.3) is 0 Å². The number of rotatable bonds is 11. The molecule has 0 fully saturated rings. The Morgan fingerprint density at radius 1 is 1.05 bits per heavy atom. The molecule has 1 aromatic rings. The van der Waals surface area contributed by atoms with Gasteiger partial charge >= 0.3 is 0 Å². The van der Waals surface area contributed by atoms with E-state index in [2.05, 4.69) is 37.8 Å². The summed E-state index contributed by atoms with van der Waals surface area (Å²) in [6, 6.07) is 10.4. The van der Waals surface area contributed by atoms with Crippen LogP contribution in [-0.2, 0) is 6.42 Å². The Bertz CT molecular complexity index is 355. The van der Waals surface area contributed by atoms with Crippen LogP contribution in [0.1, 0.15) is 63.9 Å². The van der Waals surface area contributed by atoms with Crippen LogP contribution in [-0.4, -0.2) is 11.2 Å². The van der Waals surface area contributed by atoms with Gasteiger partial charge in [-0.3, -0.25) is 0 Å². The van der Waals surface area contributed by atoms with Crippen molar-refractivity contribution < 1.29 is 5.11 Å². The summed E-state index contributed by atoms with van der Waals surface area (Å²) < 4.78 is 0. The van der Waals surface area contributed by atoms with Crippen LogP contribution >= 0.6 is 0 Å². The van der Waals surface area contributed by atoms with Gasteiger partial charge in [-0.25, -0.2) is 0 Å². The van der Waals surface area contributed by atoms with Crippen molar-refractivity contribution in [1.29, 1.82) is 0 Å². The lowest BCUT2D eigenvalue weighted by atomic mass is 9.98. The molecule has 1 heteroatoms. The maximum atomic E-state index is 10.1. The molecular weight excluding hydrogens is 244 g/mol. The van der Waals surface area contributed by atoms with E-state index in [-0.39, 0.29) is 6.10 Å². The maximum absolute atomic E-state index is 10.1. The lowest BCUT2D eigenvalue weighted by molar-refractivity contribution is 0.192. The SMILES string of the molecule is C=C(CCc1ccccc1)C(O)CCCCCCCC. The van der Waals surface area contributed by atoms with E-state index in [1.54, 1.807) is 0 Å². The van der Waals surface area contributed by atoms with Crippen LogP contribution in [0.4, 0.5) is 0 Å². The highest BCUT2D eigenvalue weighted by Gasteiger charge is 2.08. The van der Waals surface area contributed by atoms with Crippen molar-refractivity contribution in [2.24, 2.45) is 0 Å². The van der Waals surface area contributed by atoms with Gasteiger partial charge in [-0.15, -0.1) is 0 Å². The monoisotopic (exact) mass is 274 g/mol. The van der Waals surface area contributed by atoms with Crippen LogP contribution in [0.2, 0.25) is 0 Å². The second-order valence-electron chi connectivity index (χ2n) is 5.72. The van der Waals surface area contributed by atoms with Gasteiger partial charge in [0.2, 0.25) is 0 Å². The van der Waals surface area contributed by atoms with Gasteiger partial charge in [0.1, 0.15) is 0 Å². The summed E-state index contributed by atoms with van der Waals surface area (Å²) in [4.78, 5) is 0. The lowest BCUT2D eigenvalue weighted by Gasteiger charge is -2.13. The van der Waals surface area contributed by atoms with E-state index in [9.17, 15) is 5.11 Å². The Kier molecular flexibility index (Phi) is 9.06. The molecule has 0 aromatic heterocycles. The summed E-state index contributed by atoms with van der Waals surface area (Å²) in [5, 5.41) is 10.1. The fourth-order valence-electron chi connectivity index (χ4n) is 2.44. The minimum absolute atomic E-state index is 0.315. The zero-order valence-corrected chi connectivity index (χ0v) is 13.0. The van der Waals surface area contributed by atoms with Crippen molar-refractivity contribution in [3.8, 4) is 0 Å². The van der Waals surface area contributed by atoms with Gasteiger partial charge in [0, 0.05) is 0 Å². The van der Waals surface area contributed by atoms with Crippen molar-refractivity contribution >= 4 is 0 Å². The molecule has 0 saturated heterocycles. The Balaban J connectivity index is 2.10. The fraction of sp³-hybridized carbons (Fsp3) is 0.579. The number of hydrogen-bond donors (Lipinski definition) is 1. The predicted molar refractivity (Wildman–Crippen MR) is 87.9 cm³/mol. The molecule has 1 unspecified atom stereocenters. The summed E-state index contributed by atoms with van der Waals surface area (Å²) in [6.45, 7) is 6.28. The van der Waals surface area contributed by atoms with Crippen molar-refractivity contribution in [3.05, 3.63) is 48.0 Å². The van der Waals surface area contributed by atoms with Gasteiger partial charge in [0.15, 0.2) is 0 Å². The van der Waals surface area contributed by atoms with Crippen molar-refractivity contribution in [1.82, 2.24) is 0 Å². The van der Waals surface area contributed by atoms with Crippen molar-refractivity contribution in [3.63, 3.8) is 0 Å². The van der Waals surface area contributed by atoms with Crippen LogP contribution in [0.5, 0.6) is 0 Å². The first-order valence-corrected chi connectivity index (χ1v) is 8.13. The van der Waals surface area contributed by atoms with Gasteiger partial charge in [-0.1, -0.05) is 82.4 Å². The molecule has 0 aliphatic carbocycles. The molecule has 0 aliphatic heterocycles. The minimum Gasteiger partial charge on any atom is -0.389 e. The minimum atomic E-state index is -0.315. The summed E-state index contributed by atoms with van der Waals surface area (Å²) in [7, 11) is 0. The Morgan fingerprint density at radius 2 is 1.70 bits per heavy atom. The molecule has 0 heterocycles. The first kappa shape index (κ1) is 17.0. The van der Waals surface area contributed by atoms with E-state index in [0.29, 0.717) is 0 Å². The van der Waals surface area contributed by atoms with Gasteiger partial charge in [0.05, 0.1) is 6.10 Å². The van der Waals surface area contributed by atoms with Gasteiger partial charge < -0.3 is 5.11 Å². The zero-order chi connectivity index (χ0) is 14.6. The average Bonchev–Trinajstić information content (AvgIpc) is 2.49. The van der Waals surface area contributed by atoms with Gasteiger partial charge in [-0.2, -0.15) is 0 Å². The average molecular weight is 274 g/mol. The number of unbranched alkanes of at least 4 members (excludes halogenated alkanes) is 5. The molecule has 1 N–H and O–H groups in total. The summed E-state index contributed by atoms with van der Waals surface area (Å²) in [5.41, 5.74) is 2.31. The third-order valence-electron chi connectivity index (χ3n) is 3.88. The van der Waals surface area contributed by atoms with Crippen molar-refractivity contribution in [2.75, 3.05) is 0 Å². The molecule has 1 nitrogen and oxygen atoms in total. The highest BCUT2D eigenvalue weighted by Crippen LogP contribution is 2.16. The Morgan fingerprint density at radius 3 is 2.40 bits per heavy atom. The molecule has 0 saturated carbocycles. The lowest BCUT2D eigenvalue weighted by Crippen LogP contribution is -2.10. The summed E-state index contributed by atoms with van der Waals surface area (Å²) in [5.74, 6) is 0. The zero-order valence-electron chi connectivity index (χ0n) is 13.0. The van der Waals surface area contributed by atoms with Gasteiger partial charge in [0.25, 0.3) is 0 Å². The number of aryl methyl sites for hydroxylation is 1. The van der Waals surface area contributed by atoms with E-state index in [1.165, 1.54) is 37.7 Å². The molecule has 20 heavy (non-hydrogen) atoms. The second kappa shape index (κ2) is 10.7. The van der Waals surface area contributed by atoms with E-state index in [0.717, 1.165) is 31.3 Å². The quantitative estimate of drug-likeness (QED) is 0.429. The van der Waals surface area contributed by atoms with Crippen LogP contribution < -0.4 is 0 Å². The molecule has 1 atom stereocenters. The molecular formula is C19H30O. The molecule has 112 valence electrons. The highest BCUT2D eigenvalue weighted by molar-refractivity contribution is 5.16. The Hall–Kier alpha value is -1.08. The topological polar surface area (TPSA) is 20.2 Å². The first-order chi connectivity index (χ1) is 9.74. The Labute approximate surface area is 124 Å². The van der Waals surface area contributed by atoms with Crippen molar-refractivity contribution in [2.45, 2.75) is 70.8 Å². The molecule has 1 aromatic carbocycles. The van der Waals surface area contributed by atoms with E-state index < -0.39 is 0 Å². The van der Waals surface area contributed by atoms with E-state index >= 15 is 0 Å². The van der Waals surface area contributed by atoms with E-state index in [1.807, 2.05) is 6.07 Å². The maximum Gasteiger partial charge on any atom is 0.0747 e. The molecule has 0 aliphatic rings. The predicted octanol–water partition coefficient (Wildman–Crippen LogP) is 5.29. The summed E-state index contributed by atoms with van der Waals surface area (Å²) in [6.07, 6.45) is 10.1. The first-order valence-electron chi connectivity index (χ1n) is 8.13. The summed E-state index contributed by atoms with van der Waals surface area (Å²) >= 11 is 0. The number of hydrogen-bond acceptors (Lipinski definition) is 1. The number of aliphatic hydroxyl groups excluding tert-OH is 1. The standard InChI is InChI=1S/C19H30O/c1-3-4-5-6-7-11-14-19(20)17(2)15-16-18-12-9-8-10-13-18/h8-10,12-13,19-20H,2-7,11,14-16H2,1H3. The van der Waals surface area contributed by atoms with E-state index in [4.69, 9.17) is 0 Å². The fourth-order valence-corrected chi connectivity index (χ4v) is 2.44. The molecule has 0 bridgehead atoms. The molecule has 1 rings (SSSR count). The number of benzene rings is 1. The smallest absolute Gasteiger partial charge is 0.0747 e. The third kappa shape index (κ3) is 7.49. The van der Waals surface area contributed by atoms with Crippen LogP contribution in [0.3, 0.4) is 0 Å². The third-order valence-corrected chi connectivity index (χ3v) is 3.88. The largest absolute Gasteiger partial charge is 0.389 e. The molecule has 0 amide bonds. The molecule has 0 radical (unpaired) electrons. The van der Waals surface area contributed by atoms with Gasteiger partial charge in [-0.05, 0) is 30.4 Å². The van der Waals surface area contributed by atoms with Crippen LogP contribution in [0, 0.1) is 0 Å². The highest BCUT2D eigenvalue weighted by atomic mass is 16.3. The molecule has 0 spiro atoms.